The molecule has 4 rings (SSSR count). The average molecular weight is 363 g/mol. The average Bonchev–Trinajstić information content (AvgIpc) is 3.22. The van der Waals surface area contributed by atoms with Gasteiger partial charge >= 0.3 is 0 Å². The fourth-order valence-electron chi connectivity index (χ4n) is 2.36. The van der Waals surface area contributed by atoms with E-state index in [0.29, 0.717) is 6.61 Å². The molecule has 4 aromatic rings. The number of hydrogen-bond donors (Lipinski definition) is 1. The molecule has 5 nitrogen and oxygen atoms in total. The van der Waals surface area contributed by atoms with E-state index < -0.39 is 0 Å². The number of benzene rings is 2. The van der Waals surface area contributed by atoms with Crippen LogP contribution in [-0.4, -0.2) is 19.5 Å². The molecule has 0 unspecified atom stereocenters. The summed E-state index contributed by atoms with van der Waals surface area (Å²) in [4.78, 5) is 11.9. The number of nitrogens with zero attached hydrogens (tertiary/aromatic N) is 3. The van der Waals surface area contributed by atoms with E-state index in [4.69, 9.17) is 4.74 Å². The Kier molecular flexibility index (Phi) is 5.84. The Balaban J connectivity index is 0.00000104. The van der Waals surface area contributed by atoms with Crippen LogP contribution in [0.5, 0.6) is 5.75 Å². The minimum absolute atomic E-state index is 0. The summed E-state index contributed by atoms with van der Waals surface area (Å²) in [6.07, 6.45) is 5.45. The van der Waals surface area contributed by atoms with Crippen LogP contribution in [0.1, 0.15) is 5.82 Å². The molecule has 2 aromatic carbocycles. The van der Waals surface area contributed by atoms with E-state index in [9.17, 15) is 0 Å². The maximum Gasteiger partial charge on any atom is 0.146 e. The molecule has 2 aromatic heterocycles. The van der Waals surface area contributed by atoms with Crippen LogP contribution < -0.4 is 4.74 Å². The highest BCUT2D eigenvalue weighted by atomic mass is 35.5. The van der Waals surface area contributed by atoms with E-state index in [-0.39, 0.29) is 24.8 Å². The number of aromatic amines is 1. The van der Waals surface area contributed by atoms with Gasteiger partial charge in [0, 0.05) is 18.1 Å². The number of aromatic nitrogens is 4. The number of ether oxygens (including phenoxy) is 1. The molecule has 0 bridgehead atoms. The molecule has 0 aliphatic heterocycles. The zero-order valence-electron chi connectivity index (χ0n) is 12.6. The summed E-state index contributed by atoms with van der Waals surface area (Å²) in [5.41, 5.74) is 2.96. The molecule has 0 amide bonds. The van der Waals surface area contributed by atoms with Crippen molar-refractivity contribution >= 4 is 35.8 Å². The Morgan fingerprint density at radius 2 is 1.88 bits per heavy atom. The summed E-state index contributed by atoms with van der Waals surface area (Å²) in [6.45, 7) is 0.416. The number of H-pyrrole nitrogens is 1. The number of fused-ring (bicyclic) bond motifs is 1. The minimum atomic E-state index is 0. The van der Waals surface area contributed by atoms with E-state index >= 15 is 0 Å². The van der Waals surface area contributed by atoms with Gasteiger partial charge in [0.2, 0.25) is 0 Å². The van der Waals surface area contributed by atoms with Crippen molar-refractivity contribution in [1.82, 2.24) is 19.5 Å². The molecule has 124 valence electrons. The topological polar surface area (TPSA) is 55.7 Å². The van der Waals surface area contributed by atoms with Gasteiger partial charge in [0.25, 0.3) is 0 Å². The smallest absolute Gasteiger partial charge is 0.146 e. The Hall–Kier alpha value is -2.50. The maximum absolute atomic E-state index is 5.72. The first-order valence-electron chi connectivity index (χ1n) is 7.03. The molecule has 0 fully saturated rings. The normalized spacial score (nSPS) is 10.0. The van der Waals surface area contributed by atoms with Gasteiger partial charge in [0.1, 0.15) is 18.2 Å². The zero-order valence-corrected chi connectivity index (χ0v) is 14.3. The largest absolute Gasteiger partial charge is 0.486 e. The first kappa shape index (κ1) is 17.8. The van der Waals surface area contributed by atoms with Gasteiger partial charge in [-0.3, -0.25) is 0 Å². The molecule has 0 aliphatic rings. The van der Waals surface area contributed by atoms with Crippen LogP contribution in [0.4, 0.5) is 0 Å². The number of nitrogens with one attached hydrogen (secondary N) is 1. The van der Waals surface area contributed by atoms with Crippen LogP contribution in [0.25, 0.3) is 16.7 Å². The molecule has 0 aliphatic carbocycles. The molecule has 0 radical (unpaired) electrons. The monoisotopic (exact) mass is 362 g/mol. The van der Waals surface area contributed by atoms with Crippen molar-refractivity contribution in [2.24, 2.45) is 0 Å². The predicted molar refractivity (Wildman–Crippen MR) is 98.5 cm³/mol. The van der Waals surface area contributed by atoms with Crippen molar-refractivity contribution in [2.75, 3.05) is 0 Å². The third kappa shape index (κ3) is 3.69. The van der Waals surface area contributed by atoms with E-state index in [2.05, 4.69) is 21.0 Å². The first-order chi connectivity index (χ1) is 10.9. The Morgan fingerprint density at radius 3 is 2.62 bits per heavy atom. The SMILES string of the molecule is Cl.Cl.c1ccc(OCc2nc3ccc(-n4ccnc4)cc3[nH]2)cc1. The van der Waals surface area contributed by atoms with Crippen molar-refractivity contribution in [2.45, 2.75) is 6.61 Å². The second-order valence-electron chi connectivity index (χ2n) is 4.96. The molecular formula is C17H16Cl2N4O. The lowest BCUT2D eigenvalue weighted by Gasteiger charge is -2.02. The maximum atomic E-state index is 5.72. The van der Waals surface area contributed by atoms with Gasteiger partial charge in [0.15, 0.2) is 0 Å². The van der Waals surface area contributed by atoms with Crippen LogP contribution in [0.15, 0.2) is 67.3 Å². The van der Waals surface area contributed by atoms with E-state index in [1.807, 2.05) is 53.2 Å². The van der Waals surface area contributed by atoms with Gasteiger partial charge in [-0.15, -0.1) is 24.8 Å². The van der Waals surface area contributed by atoms with E-state index in [1.54, 1.807) is 12.5 Å². The minimum Gasteiger partial charge on any atom is -0.486 e. The van der Waals surface area contributed by atoms with Gasteiger partial charge in [-0.25, -0.2) is 9.97 Å². The number of para-hydroxylation sites is 1. The van der Waals surface area contributed by atoms with Crippen LogP contribution in [-0.2, 0) is 6.61 Å². The van der Waals surface area contributed by atoms with Gasteiger partial charge in [0.05, 0.1) is 17.4 Å². The molecule has 24 heavy (non-hydrogen) atoms. The first-order valence-corrected chi connectivity index (χ1v) is 7.03. The predicted octanol–water partition coefficient (Wildman–Crippen LogP) is 4.17. The summed E-state index contributed by atoms with van der Waals surface area (Å²) >= 11 is 0. The third-order valence-electron chi connectivity index (χ3n) is 3.44. The third-order valence-corrected chi connectivity index (χ3v) is 3.44. The standard InChI is InChI=1S/C17H14N4O.2ClH/c1-2-4-14(5-3-1)22-11-17-19-15-7-6-13(10-16(15)20-17)21-9-8-18-12-21;;/h1-10,12H,11H2,(H,19,20);2*1H. The van der Waals surface area contributed by atoms with Crippen molar-refractivity contribution < 1.29 is 4.74 Å². The molecule has 1 N–H and O–H groups in total. The fourth-order valence-corrected chi connectivity index (χ4v) is 2.36. The lowest BCUT2D eigenvalue weighted by molar-refractivity contribution is 0.297. The van der Waals surface area contributed by atoms with Gasteiger partial charge in [-0.1, -0.05) is 18.2 Å². The highest BCUT2D eigenvalue weighted by Gasteiger charge is 2.05. The van der Waals surface area contributed by atoms with Crippen molar-refractivity contribution in [1.29, 1.82) is 0 Å². The molecule has 0 saturated carbocycles. The van der Waals surface area contributed by atoms with Crippen LogP contribution >= 0.6 is 24.8 Å². The number of halogens is 2. The zero-order chi connectivity index (χ0) is 14.8. The van der Waals surface area contributed by atoms with Gasteiger partial charge in [-0.05, 0) is 30.3 Å². The Labute approximate surface area is 151 Å². The highest BCUT2D eigenvalue weighted by Crippen LogP contribution is 2.18. The number of hydrogen-bond acceptors (Lipinski definition) is 3. The second kappa shape index (κ2) is 7.86. The number of imidazole rings is 2. The summed E-state index contributed by atoms with van der Waals surface area (Å²) in [5, 5.41) is 0. The molecular weight excluding hydrogens is 347 g/mol. The lowest BCUT2D eigenvalue weighted by atomic mass is 10.3. The quantitative estimate of drug-likeness (QED) is 0.592. The van der Waals surface area contributed by atoms with Crippen molar-refractivity contribution in [3.8, 4) is 11.4 Å². The summed E-state index contributed by atoms with van der Waals surface area (Å²) < 4.78 is 7.67. The van der Waals surface area contributed by atoms with Gasteiger partial charge < -0.3 is 14.3 Å². The molecule has 0 spiro atoms. The van der Waals surface area contributed by atoms with E-state index in [1.165, 1.54) is 0 Å². The van der Waals surface area contributed by atoms with Crippen LogP contribution in [0, 0.1) is 0 Å². The molecule has 0 atom stereocenters. The Morgan fingerprint density at radius 1 is 1.04 bits per heavy atom. The lowest BCUT2D eigenvalue weighted by Crippen LogP contribution is -1.96. The summed E-state index contributed by atoms with van der Waals surface area (Å²) in [5.74, 6) is 1.64. The highest BCUT2D eigenvalue weighted by molar-refractivity contribution is 5.85. The molecule has 2 heterocycles. The second-order valence-corrected chi connectivity index (χ2v) is 4.96. The Bertz CT molecular complexity index is 892. The van der Waals surface area contributed by atoms with Crippen LogP contribution in [0.3, 0.4) is 0 Å². The van der Waals surface area contributed by atoms with Gasteiger partial charge in [-0.2, -0.15) is 0 Å². The molecule has 0 saturated heterocycles. The number of rotatable bonds is 4. The summed E-state index contributed by atoms with van der Waals surface area (Å²) in [6, 6.07) is 15.8. The fraction of sp³-hybridized carbons (Fsp3) is 0.0588. The summed E-state index contributed by atoms with van der Waals surface area (Å²) in [7, 11) is 0. The van der Waals surface area contributed by atoms with E-state index in [0.717, 1.165) is 28.3 Å². The molecule has 7 heteroatoms. The van der Waals surface area contributed by atoms with Crippen LogP contribution in [0.2, 0.25) is 0 Å². The van der Waals surface area contributed by atoms with Crippen molar-refractivity contribution in [3.05, 3.63) is 73.1 Å². The van der Waals surface area contributed by atoms with Crippen molar-refractivity contribution in [3.63, 3.8) is 0 Å².